The molecule has 0 bridgehead atoms. The minimum absolute atomic E-state index is 0.0392. The van der Waals surface area contributed by atoms with Gasteiger partial charge in [0.25, 0.3) is 0 Å². The fourth-order valence-electron chi connectivity index (χ4n) is 1.97. The van der Waals surface area contributed by atoms with E-state index < -0.39 is 0 Å². The molecule has 0 aliphatic heterocycles. The number of ether oxygens (including phenoxy) is 2. The first-order chi connectivity index (χ1) is 7.19. The van der Waals surface area contributed by atoms with Gasteiger partial charge in [0.05, 0.1) is 24.6 Å². The van der Waals surface area contributed by atoms with E-state index in [4.69, 9.17) is 32.7 Å². The summed E-state index contributed by atoms with van der Waals surface area (Å²) in [5.74, 6) is 1.25. The zero-order valence-electron chi connectivity index (χ0n) is 8.64. The summed E-state index contributed by atoms with van der Waals surface area (Å²) in [6.45, 7) is 0. The lowest BCUT2D eigenvalue weighted by molar-refractivity contribution is 0.354. The van der Waals surface area contributed by atoms with Crippen molar-refractivity contribution >= 4 is 23.2 Å². The van der Waals surface area contributed by atoms with E-state index in [1.807, 2.05) is 6.07 Å². The van der Waals surface area contributed by atoms with Gasteiger partial charge in [0.2, 0.25) is 0 Å². The van der Waals surface area contributed by atoms with Gasteiger partial charge in [-0.1, -0.05) is 11.6 Å². The summed E-state index contributed by atoms with van der Waals surface area (Å²) in [4.78, 5) is 0. The molecule has 1 unspecified atom stereocenters. The molecule has 2 rings (SSSR count). The average molecular weight is 247 g/mol. The number of rotatable bonds is 2. The number of fused-ring (bicyclic) bond motifs is 1. The fraction of sp³-hybridized carbons (Fsp3) is 0.455. The number of methoxy groups -OCH3 is 2. The molecule has 0 saturated heterocycles. The Morgan fingerprint density at radius 3 is 2.67 bits per heavy atom. The second kappa shape index (κ2) is 4.11. The first-order valence-electron chi connectivity index (χ1n) is 4.76. The maximum atomic E-state index is 6.24. The Balaban J connectivity index is 2.61. The molecule has 1 aromatic rings. The molecular formula is C11H12Cl2O2. The highest BCUT2D eigenvalue weighted by Crippen LogP contribution is 2.47. The van der Waals surface area contributed by atoms with Crippen molar-refractivity contribution < 1.29 is 9.47 Å². The molecule has 0 amide bonds. The van der Waals surface area contributed by atoms with Crippen LogP contribution in [0.4, 0.5) is 0 Å². The number of hydrogen-bond acceptors (Lipinski definition) is 2. The van der Waals surface area contributed by atoms with Crippen molar-refractivity contribution in [3.63, 3.8) is 0 Å². The van der Waals surface area contributed by atoms with Gasteiger partial charge in [-0.25, -0.2) is 0 Å². The van der Waals surface area contributed by atoms with Gasteiger partial charge in [-0.2, -0.15) is 0 Å². The summed E-state index contributed by atoms with van der Waals surface area (Å²) in [5.41, 5.74) is 2.16. The molecule has 0 spiro atoms. The molecule has 1 aliphatic rings. The molecule has 15 heavy (non-hydrogen) atoms. The molecule has 0 radical (unpaired) electrons. The van der Waals surface area contributed by atoms with E-state index in [-0.39, 0.29) is 5.38 Å². The molecule has 4 heteroatoms. The second-order valence-electron chi connectivity index (χ2n) is 3.50. The molecule has 0 heterocycles. The lowest BCUT2D eigenvalue weighted by Crippen LogP contribution is -1.96. The third-order valence-electron chi connectivity index (χ3n) is 2.73. The summed E-state index contributed by atoms with van der Waals surface area (Å²) in [6, 6.07) is 1.92. The van der Waals surface area contributed by atoms with Crippen LogP contribution in [0.3, 0.4) is 0 Å². The van der Waals surface area contributed by atoms with Crippen LogP contribution in [0.2, 0.25) is 5.02 Å². The fourth-order valence-corrected chi connectivity index (χ4v) is 2.65. The van der Waals surface area contributed by atoms with Crippen molar-refractivity contribution in [1.82, 2.24) is 0 Å². The van der Waals surface area contributed by atoms with Crippen LogP contribution in [0.1, 0.15) is 22.9 Å². The van der Waals surface area contributed by atoms with Gasteiger partial charge in [-0.15, -0.1) is 11.6 Å². The van der Waals surface area contributed by atoms with Crippen LogP contribution < -0.4 is 9.47 Å². The highest BCUT2D eigenvalue weighted by Gasteiger charge is 2.27. The molecule has 1 aliphatic carbocycles. The summed E-state index contributed by atoms with van der Waals surface area (Å²) >= 11 is 12.4. The topological polar surface area (TPSA) is 18.5 Å². The van der Waals surface area contributed by atoms with Crippen molar-refractivity contribution in [1.29, 1.82) is 0 Å². The lowest BCUT2D eigenvalue weighted by atomic mass is 10.1. The largest absolute Gasteiger partial charge is 0.493 e. The van der Waals surface area contributed by atoms with E-state index in [0.29, 0.717) is 16.5 Å². The van der Waals surface area contributed by atoms with Crippen molar-refractivity contribution in [2.24, 2.45) is 0 Å². The Kier molecular flexibility index (Phi) is 2.98. The molecule has 0 saturated carbocycles. The molecule has 0 fully saturated rings. The predicted octanol–water partition coefficient (Wildman–Crippen LogP) is 3.58. The Labute approximate surface area is 99.1 Å². The van der Waals surface area contributed by atoms with E-state index in [0.717, 1.165) is 24.0 Å². The minimum Gasteiger partial charge on any atom is -0.493 e. The molecular weight excluding hydrogens is 235 g/mol. The SMILES string of the molecule is COc1cc2c(c(Cl)c1OC)CCC2Cl. The highest BCUT2D eigenvalue weighted by molar-refractivity contribution is 6.33. The first-order valence-corrected chi connectivity index (χ1v) is 5.57. The highest BCUT2D eigenvalue weighted by atomic mass is 35.5. The summed E-state index contributed by atoms with van der Waals surface area (Å²) in [6.07, 6.45) is 1.83. The molecule has 2 nitrogen and oxygen atoms in total. The normalized spacial score (nSPS) is 18.8. The van der Waals surface area contributed by atoms with Crippen LogP contribution in [0.5, 0.6) is 11.5 Å². The number of halogens is 2. The van der Waals surface area contributed by atoms with Gasteiger partial charge in [-0.3, -0.25) is 0 Å². The number of alkyl halides is 1. The molecule has 0 N–H and O–H groups in total. The van der Waals surface area contributed by atoms with Crippen molar-refractivity contribution in [3.05, 3.63) is 22.2 Å². The second-order valence-corrected chi connectivity index (χ2v) is 4.40. The predicted molar refractivity (Wildman–Crippen MR) is 61.5 cm³/mol. The third-order valence-corrected chi connectivity index (χ3v) is 3.59. The average Bonchev–Trinajstić information content (AvgIpc) is 2.60. The van der Waals surface area contributed by atoms with E-state index >= 15 is 0 Å². The zero-order chi connectivity index (χ0) is 11.0. The summed E-state index contributed by atoms with van der Waals surface area (Å²) < 4.78 is 10.5. The van der Waals surface area contributed by atoms with E-state index in [1.54, 1.807) is 14.2 Å². The third kappa shape index (κ3) is 1.66. The lowest BCUT2D eigenvalue weighted by Gasteiger charge is -2.13. The Bertz CT molecular complexity index is 387. The van der Waals surface area contributed by atoms with Gasteiger partial charge in [0.1, 0.15) is 0 Å². The first kappa shape index (κ1) is 10.9. The smallest absolute Gasteiger partial charge is 0.179 e. The number of hydrogen-bond donors (Lipinski definition) is 0. The quantitative estimate of drug-likeness (QED) is 0.743. The maximum Gasteiger partial charge on any atom is 0.179 e. The van der Waals surface area contributed by atoms with Crippen LogP contribution in [-0.2, 0) is 6.42 Å². The van der Waals surface area contributed by atoms with Crippen LogP contribution >= 0.6 is 23.2 Å². The van der Waals surface area contributed by atoms with Crippen LogP contribution in [0.15, 0.2) is 6.07 Å². The molecule has 0 aromatic heterocycles. The molecule has 1 aromatic carbocycles. The molecule has 82 valence electrons. The summed E-state index contributed by atoms with van der Waals surface area (Å²) in [7, 11) is 3.18. The monoisotopic (exact) mass is 246 g/mol. The minimum atomic E-state index is 0.0392. The Morgan fingerprint density at radius 2 is 2.07 bits per heavy atom. The standard InChI is InChI=1S/C11H12Cl2O2/c1-14-9-5-7-6(3-4-8(7)12)10(13)11(9)15-2/h5,8H,3-4H2,1-2H3. The van der Waals surface area contributed by atoms with Crippen molar-refractivity contribution in [2.75, 3.05) is 14.2 Å². The zero-order valence-corrected chi connectivity index (χ0v) is 10.2. The Morgan fingerprint density at radius 1 is 1.33 bits per heavy atom. The van der Waals surface area contributed by atoms with Gasteiger partial charge < -0.3 is 9.47 Å². The van der Waals surface area contributed by atoms with Gasteiger partial charge in [-0.05, 0) is 30.0 Å². The van der Waals surface area contributed by atoms with Crippen molar-refractivity contribution in [2.45, 2.75) is 18.2 Å². The maximum absolute atomic E-state index is 6.24. The molecule has 1 atom stereocenters. The van der Waals surface area contributed by atoms with Gasteiger partial charge >= 0.3 is 0 Å². The number of benzene rings is 1. The van der Waals surface area contributed by atoms with Gasteiger partial charge in [0, 0.05) is 0 Å². The Hall–Kier alpha value is -0.600. The van der Waals surface area contributed by atoms with Crippen molar-refractivity contribution in [3.8, 4) is 11.5 Å². The summed E-state index contributed by atoms with van der Waals surface area (Å²) in [5, 5.41) is 0.673. The van der Waals surface area contributed by atoms with E-state index in [1.165, 1.54) is 0 Å². The van der Waals surface area contributed by atoms with E-state index in [2.05, 4.69) is 0 Å². The van der Waals surface area contributed by atoms with Gasteiger partial charge in [0.15, 0.2) is 11.5 Å². The van der Waals surface area contributed by atoms with Crippen LogP contribution in [-0.4, -0.2) is 14.2 Å². The van der Waals surface area contributed by atoms with E-state index in [9.17, 15) is 0 Å². The van der Waals surface area contributed by atoms with Crippen LogP contribution in [0.25, 0.3) is 0 Å². The van der Waals surface area contributed by atoms with Crippen LogP contribution in [0, 0.1) is 0 Å².